The highest BCUT2D eigenvalue weighted by atomic mass is 32.2. The number of hydrogen-bond donors (Lipinski definition) is 0. The van der Waals surface area contributed by atoms with Crippen LogP contribution in [0.5, 0.6) is 0 Å². The predicted octanol–water partition coefficient (Wildman–Crippen LogP) is 8.11. The van der Waals surface area contributed by atoms with Gasteiger partial charge in [0.05, 0.1) is 0 Å². The molecule has 1 aliphatic heterocycles. The van der Waals surface area contributed by atoms with Crippen molar-refractivity contribution in [2.24, 2.45) is 4.99 Å². The minimum atomic E-state index is 0.849. The van der Waals surface area contributed by atoms with Crippen LogP contribution in [0.2, 0.25) is 0 Å². The van der Waals surface area contributed by atoms with Crippen LogP contribution in [-0.2, 0) is 0 Å². The Morgan fingerprint density at radius 3 is 1.50 bits per heavy atom. The normalized spacial score (nSPS) is 14.4. The molecule has 0 saturated carbocycles. The second kappa shape index (κ2) is 16.6. The summed E-state index contributed by atoms with van der Waals surface area (Å²) < 4.78 is 0.849. The first-order valence-corrected chi connectivity index (χ1v) is 12.0. The fraction of sp³-hybridized carbons (Fsp3) is 0.905. The molecule has 0 bridgehead atoms. The van der Waals surface area contributed by atoms with Gasteiger partial charge in [0.15, 0.2) is 4.32 Å². The average Bonchev–Trinajstić information content (AvgIpc) is 3.00. The molecule has 0 amide bonds. The molecule has 0 aliphatic carbocycles. The highest BCUT2D eigenvalue weighted by molar-refractivity contribution is 8.23. The summed E-state index contributed by atoms with van der Waals surface area (Å²) in [5.41, 5.74) is 1.33. The quantitative estimate of drug-likeness (QED) is 0.189. The second-order valence-corrected chi connectivity index (χ2v) is 8.90. The summed E-state index contributed by atoms with van der Waals surface area (Å²) in [5.74, 6) is 1.05. The molecule has 0 aromatic carbocycles. The van der Waals surface area contributed by atoms with E-state index in [1.807, 2.05) is 0 Å². The molecule has 0 fully saturated rings. The molecule has 1 nitrogen and oxygen atoms in total. The van der Waals surface area contributed by atoms with Crippen molar-refractivity contribution in [1.29, 1.82) is 0 Å². The molecule has 0 aromatic rings. The van der Waals surface area contributed by atoms with Gasteiger partial charge in [-0.05, 0) is 12.8 Å². The van der Waals surface area contributed by atoms with Crippen LogP contribution >= 0.6 is 24.0 Å². The molecule has 0 N–H and O–H groups in total. The van der Waals surface area contributed by atoms with Gasteiger partial charge in [0.1, 0.15) is 0 Å². The van der Waals surface area contributed by atoms with E-state index >= 15 is 0 Å². The van der Waals surface area contributed by atoms with E-state index in [1.165, 1.54) is 115 Å². The number of hydrogen-bond acceptors (Lipinski definition) is 2. The molecule has 1 heterocycles. The minimum absolute atomic E-state index is 0.849. The van der Waals surface area contributed by atoms with E-state index in [4.69, 9.17) is 12.2 Å². The zero-order valence-electron chi connectivity index (χ0n) is 16.0. The molecule has 0 unspecified atom stereocenters. The minimum Gasteiger partial charge on any atom is -0.238 e. The monoisotopic (exact) mass is 369 g/mol. The van der Waals surface area contributed by atoms with Crippen LogP contribution in [0.3, 0.4) is 0 Å². The van der Waals surface area contributed by atoms with Crippen LogP contribution in [-0.4, -0.2) is 15.8 Å². The third-order valence-electron chi connectivity index (χ3n) is 4.93. The lowest BCUT2D eigenvalue weighted by molar-refractivity contribution is 0.530. The van der Waals surface area contributed by atoms with Crippen LogP contribution in [0.4, 0.5) is 0 Å². The van der Waals surface area contributed by atoms with E-state index in [0.29, 0.717) is 0 Å². The number of rotatable bonds is 17. The fourth-order valence-electron chi connectivity index (χ4n) is 3.34. The molecular weight excluding hydrogens is 330 g/mol. The van der Waals surface area contributed by atoms with E-state index < -0.39 is 0 Å². The molecule has 24 heavy (non-hydrogen) atoms. The Morgan fingerprint density at radius 1 is 0.708 bits per heavy atom. The summed E-state index contributed by atoms with van der Waals surface area (Å²) in [5, 5.41) is 0. The molecule has 0 aromatic heterocycles. The van der Waals surface area contributed by atoms with Crippen molar-refractivity contribution >= 4 is 34.0 Å². The average molecular weight is 370 g/mol. The van der Waals surface area contributed by atoms with Crippen molar-refractivity contribution in [3.05, 3.63) is 0 Å². The number of unbranched alkanes of at least 4 members (excludes halogenated alkanes) is 15. The van der Waals surface area contributed by atoms with Crippen LogP contribution in [0.15, 0.2) is 4.99 Å². The highest BCUT2D eigenvalue weighted by Gasteiger charge is 2.10. The Morgan fingerprint density at radius 2 is 1.12 bits per heavy atom. The van der Waals surface area contributed by atoms with Crippen molar-refractivity contribution in [3.63, 3.8) is 0 Å². The van der Waals surface area contributed by atoms with Gasteiger partial charge in [0.2, 0.25) is 0 Å². The molecule has 0 atom stereocenters. The summed E-state index contributed by atoms with van der Waals surface area (Å²) in [6.07, 6.45) is 24.1. The molecule has 0 spiro atoms. The third kappa shape index (κ3) is 13.4. The molecule has 1 aliphatic rings. The maximum absolute atomic E-state index is 5.09. The zero-order valence-corrected chi connectivity index (χ0v) is 17.6. The van der Waals surface area contributed by atoms with Crippen molar-refractivity contribution in [2.45, 2.75) is 116 Å². The first-order chi connectivity index (χ1) is 11.8. The van der Waals surface area contributed by atoms with Crippen LogP contribution in [0.1, 0.15) is 116 Å². The molecule has 1 rings (SSSR count). The lowest BCUT2D eigenvalue weighted by Gasteiger charge is -2.03. The zero-order chi connectivity index (χ0) is 17.3. The third-order valence-corrected chi connectivity index (χ3v) is 6.19. The van der Waals surface area contributed by atoms with E-state index in [2.05, 4.69) is 11.9 Å². The predicted molar refractivity (Wildman–Crippen MR) is 117 cm³/mol. The number of thioether (sulfide) groups is 1. The fourth-order valence-corrected chi connectivity index (χ4v) is 4.34. The maximum Gasteiger partial charge on any atom is 0.160 e. The molecule has 3 heteroatoms. The molecular formula is C21H39NS2. The standard InChI is InChI=1S/C21H39NS2/c1-2-3-4-5-6-7-8-9-10-11-12-13-14-15-16-17-18-20-19-24-21(23)22-20/h2-19H2,1H3. The van der Waals surface area contributed by atoms with Gasteiger partial charge in [-0.25, -0.2) is 4.99 Å². The van der Waals surface area contributed by atoms with E-state index in [1.54, 1.807) is 11.8 Å². The Bertz CT molecular complexity index is 339. The van der Waals surface area contributed by atoms with Gasteiger partial charge in [0, 0.05) is 11.5 Å². The highest BCUT2D eigenvalue weighted by Crippen LogP contribution is 2.18. The topological polar surface area (TPSA) is 12.4 Å². The first-order valence-electron chi connectivity index (χ1n) is 10.6. The summed E-state index contributed by atoms with van der Waals surface area (Å²) in [6, 6.07) is 0. The summed E-state index contributed by atoms with van der Waals surface area (Å²) >= 11 is 6.81. The van der Waals surface area contributed by atoms with Crippen LogP contribution in [0, 0.1) is 0 Å². The molecule has 0 radical (unpaired) electrons. The number of aliphatic imine (C=N–C) groups is 1. The lowest BCUT2D eigenvalue weighted by Crippen LogP contribution is -1.96. The Kier molecular flexibility index (Phi) is 15.3. The van der Waals surface area contributed by atoms with E-state index in [0.717, 1.165) is 10.1 Å². The van der Waals surface area contributed by atoms with Gasteiger partial charge >= 0.3 is 0 Å². The Balaban J connectivity index is 1.69. The van der Waals surface area contributed by atoms with Gasteiger partial charge in [-0.15, -0.1) is 0 Å². The Hall–Kier alpha value is 0.110. The molecule has 0 saturated heterocycles. The summed E-state index contributed by atoms with van der Waals surface area (Å²) in [7, 11) is 0. The van der Waals surface area contributed by atoms with Gasteiger partial charge in [-0.2, -0.15) is 0 Å². The van der Waals surface area contributed by atoms with Crippen molar-refractivity contribution in [1.82, 2.24) is 0 Å². The molecule has 140 valence electrons. The van der Waals surface area contributed by atoms with Crippen LogP contribution in [0.25, 0.3) is 0 Å². The second-order valence-electron chi connectivity index (χ2n) is 7.29. The SMILES string of the molecule is CCCCCCCCCCCCCCCCCCC1=NC(=S)SC1. The van der Waals surface area contributed by atoms with Crippen molar-refractivity contribution in [3.8, 4) is 0 Å². The number of thiocarbonyl (C=S) groups is 1. The first kappa shape index (κ1) is 22.2. The van der Waals surface area contributed by atoms with E-state index in [-0.39, 0.29) is 0 Å². The van der Waals surface area contributed by atoms with Gasteiger partial charge in [0.25, 0.3) is 0 Å². The Labute approximate surface area is 160 Å². The maximum atomic E-state index is 5.09. The van der Waals surface area contributed by atoms with Crippen LogP contribution < -0.4 is 0 Å². The number of nitrogens with zero attached hydrogens (tertiary/aromatic N) is 1. The van der Waals surface area contributed by atoms with Crippen molar-refractivity contribution in [2.75, 3.05) is 5.75 Å². The lowest BCUT2D eigenvalue weighted by atomic mass is 10.0. The van der Waals surface area contributed by atoms with Gasteiger partial charge < -0.3 is 0 Å². The summed E-state index contributed by atoms with van der Waals surface area (Å²) in [6.45, 7) is 2.29. The largest absolute Gasteiger partial charge is 0.238 e. The van der Waals surface area contributed by atoms with Gasteiger partial charge in [-0.3, -0.25) is 0 Å². The summed E-state index contributed by atoms with van der Waals surface area (Å²) in [4.78, 5) is 4.41. The van der Waals surface area contributed by atoms with Crippen molar-refractivity contribution < 1.29 is 0 Å². The smallest absolute Gasteiger partial charge is 0.160 e. The van der Waals surface area contributed by atoms with E-state index in [9.17, 15) is 0 Å². The van der Waals surface area contributed by atoms with Gasteiger partial charge in [-0.1, -0.05) is 127 Å².